The molecule has 0 bridgehead atoms. The Bertz CT molecular complexity index is 987. The van der Waals surface area contributed by atoms with E-state index in [0.29, 0.717) is 22.9 Å². The van der Waals surface area contributed by atoms with Crippen LogP contribution in [0.1, 0.15) is 72.1 Å². The molecular formula is C22H28N4O3S. The van der Waals surface area contributed by atoms with E-state index in [4.69, 9.17) is 4.74 Å². The van der Waals surface area contributed by atoms with E-state index >= 15 is 0 Å². The number of esters is 1. The van der Waals surface area contributed by atoms with Gasteiger partial charge in [-0.25, -0.2) is 14.5 Å². The molecule has 3 rings (SSSR count). The number of thiazole rings is 1. The predicted molar refractivity (Wildman–Crippen MR) is 119 cm³/mol. The third-order valence-electron chi connectivity index (χ3n) is 4.81. The van der Waals surface area contributed by atoms with Crippen LogP contribution in [0.3, 0.4) is 0 Å². The average Bonchev–Trinajstić information content (AvgIpc) is 3.33. The van der Waals surface area contributed by atoms with Crippen LogP contribution in [-0.2, 0) is 17.6 Å². The summed E-state index contributed by atoms with van der Waals surface area (Å²) >= 11 is 1.30. The van der Waals surface area contributed by atoms with E-state index in [1.165, 1.54) is 11.3 Å². The summed E-state index contributed by atoms with van der Waals surface area (Å²) in [4.78, 5) is 29.7. The van der Waals surface area contributed by atoms with E-state index in [2.05, 4.69) is 47.5 Å². The zero-order chi connectivity index (χ0) is 21.7. The Balaban J connectivity index is 1.90. The Kier molecular flexibility index (Phi) is 7.20. The smallest absolute Gasteiger partial charge is 0.360 e. The fraction of sp³-hybridized carbons (Fsp3) is 0.455. The van der Waals surface area contributed by atoms with Gasteiger partial charge in [0, 0.05) is 0 Å². The van der Waals surface area contributed by atoms with Crippen LogP contribution in [0, 0.1) is 5.92 Å². The van der Waals surface area contributed by atoms with Crippen LogP contribution in [-0.4, -0.2) is 33.2 Å². The number of nitrogens with zero attached hydrogens (tertiary/aromatic N) is 3. The van der Waals surface area contributed by atoms with E-state index in [0.717, 1.165) is 35.7 Å². The van der Waals surface area contributed by atoms with Gasteiger partial charge in [0.2, 0.25) is 0 Å². The lowest BCUT2D eigenvalue weighted by Gasteiger charge is -2.15. The molecule has 8 heteroatoms. The van der Waals surface area contributed by atoms with Crippen molar-refractivity contribution >= 4 is 33.9 Å². The Labute approximate surface area is 180 Å². The zero-order valence-corrected chi connectivity index (χ0v) is 18.7. The van der Waals surface area contributed by atoms with Crippen molar-refractivity contribution in [3.05, 3.63) is 46.4 Å². The van der Waals surface area contributed by atoms with Crippen LogP contribution in [0.15, 0.2) is 24.4 Å². The molecule has 7 nitrogen and oxygen atoms in total. The molecule has 1 N–H and O–H groups in total. The van der Waals surface area contributed by atoms with Gasteiger partial charge in [0.05, 0.1) is 34.8 Å². The van der Waals surface area contributed by atoms with Crippen molar-refractivity contribution in [2.45, 2.75) is 53.4 Å². The molecule has 1 amide bonds. The van der Waals surface area contributed by atoms with Gasteiger partial charge in [-0.2, -0.15) is 5.10 Å². The highest BCUT2D eigenvalue weighted by Crippen LogP contribution is 2.28. The van der Waals surface area contributed by atoms with Crippen LogP contribution in [0.2, 0.25) is 0 Å². The minimum absolute atomic E-state index is 0.156. The normalized spacial score (nSPS) is 15.7. The highest BCUT2D eigenvalue weighted by Gasteiger charge is 2.24. The molecule has 2 heterocycles. The monoisotopic (exact) mass is 428 g/mol. The quantitative estimate of drug-likeness (QED) is 0.615. The summed E-state index contributed by atoms with van der Waals surface area (Å²) in [6.07, 6.45) is 11.2. The number of amides is 1. The number of rotatable bonds is 8. The van der Waals surface area contributed by atoms with Gasteiger partial charge in [-0.3, -0.25) is 4.79 Å². The Morgan fingerprint density at radius 1 is 1.33 bits per heavy atom. The van der Waals surface area contributed by atoms with Crippen molar-refractivity contribution in [3.63, 3.8) is 0 Å². The molecule has 1 aliphatic rings. The number of ether oxygens (including phenoxy) is 1. The SMILES string of the molecule is CCCc1c(C(=O)Nc2sc(CC)nc2C(=O)OCC)cnn1C1=CCC(C)C=C1. The van der Waals surface area contributed by atoms with Crippen molar-refractivity contribution in [1.82, 2.24) is 14.8 Å². The number of hydrogen-bond donors (Lipinski definition) is 1. The van der Waals surface area contributed by atoms with Crippen LogP contribution >= 0.6 is 11.3 Å². The topological polar surface area (TPSA) is 86.1 Å². The second-order valence-electron chi connectivity index (χ2n) is 7.18. The minimum atomic E-state index is -0.528. The van der Waals surface area contributed by atoms with Gasteiger partial charge < -0.3 is 10.1 Å². The van der Waals surface area contributed by atoms with Gasteiger partial charge in [-0.1, -0.05) is 39.3 Å². The molecule has 2 aromatic heterocycles. The second-order valence-corrected chi connectivity index (χ2v) is 8.26. The summed E-state index contributed by atoms with van der Waals surface area (Å²) in [7, 11) is 0. The maximum absolute atomic E-state index is 13.1. The molecule has 0 saturated carbocycles. The van der Waals surface area contributed by atoms with Crippen molar-refractivity contribution in [1.29, 1.82) is 0 Å². The number of carbonyl (C=O) groups is 2. The number of anilines is 1. The van der Waals surface area contributed by atoms with E-state index < -0.39 is 5.97 Å². The number of allylic oxidation sites excluding steroid dienone is 4. The molecule has 0 spiro atoms. The van der Waals surface area contributed by atoms with Gasteiger partial charge in [-0.15, -0.1) is 11.3 Å². The first-order valence-electron chi connectivity index (χ1n) is 10.4. The lowest BCUT2D eigenvalue weighted by molar-refractivity contribution is 0.0521. The molecule has 1 aliphatic carbocycles. The summed E-state index contributed by atoms with van der Waals surface area (Å²) in [6, 6.07) is 0. The first kappa shape index (κ1) is 22.0. The van der Waals surface area contributed by atoms with Crippen LogP contribution in [0.5, 0.6) is 0 Å². The Morgan fingerprint density at radius 3 is 2.77 bits per heavy atom. The molecule has 1 atom stereocenters. The van der Waals surface area contributed by atoms with Gasteiger partial charge in [0.25, 0.3) is 5.91 Å². The summed E-state index contributed by atoms with van der Waals surface area (Å²) in [5.41, 5.74) is 2.50. The number of aromatic nitrogens is 3. The molecule has 0 radical (unpaired) electrons. The zero-order valence-electron chi connectivity index (χ0n) is 17.9. The molecule has 0 aromatic carbocycles. The minimum Gasteiger partial charge on any atom is -0.461 e. The highest BCUT2D eigenvalue weighted by atomic mass is 32.1. The van der Waals surface area contributed by atoms with Crippen LogP contribution in [0.4, 0.5) is 5.00 Å². The molecule has 30 heavy (non-hydrogen) atoms. The van der Waals surface area contributed by atoms with Crippen molar-refractivity contribution < 1.29 is 14.3 Å². The number of carbonyl (C=O) groups excluding carboxylic acids is 2. The van der Waals surface area contributed by atoms with Crippen molar-refractivity contribution in [3.8, 4) is 0 Å². The highest BCUT2D eigenvalue weighted by molar-refractivity contribution is 7.16. The predicted octanol–water partition coefficient (Wildman–Crippen LogP) is 4.72. The number of aryl methyl sites for hydroxylation is 1. The maximum atomic E-state index is 13.1. The third-order valence-corrected chi connectivity index (χ3v) is 5.92. The fourth-order valence-electron chi connectivity index (χ4n) is 3.25. The van der Waals surface area contributed by atoms with Crippen LogP contribution in [0.25, 0.3) is 5.70 Å². The van der Waals surface area contributed by atoms with E-state index in [-0.39, 0.29) is 18.2 Å². The molecule has 0 fully saturated rings. The third kappa shape index (κ3) is 4.70. The average molecular weight is 429 g/mol. The van der Waals surface area contributed by atoms with Crippen molar-refractivity contribution in [2.75, 3.05) is 11.9 Å². The summed E-state index contributed by atoms with van der Waals surface area (Å²) in [5.74, 6) is -0.322. The van der Waals surface area contributed by atoms with E-state index in [1.807, 2.05) is 11.6 Å². The van der Waals surface area contributed by atoms with Crippen molar-refractivity contribution in [2.24, 2.45) is 5.92 Å². The fourth-order valence-corrected chi connectivity index (χ4v) is 4.13. The lowest BCUT2D eigenvalue weighted by Crippen LogP contribution is -2.17. The molecule has 160 valence electrons. The Morgan fingerprint density at radius 2 is 2.13 bits per heavy atom. The van der Waals surface area contributed by atoms with E-state index in [1.54, 1.807) is 13.1 Å². The second kappa shape index (κ2) is 9.84. The number of hydrogen-bond acceptors (Lipinski definition) is 6. The van der Waals surface area contributed by atoms with Gasteiger partial charge in [0.15, 0.2) is 5.69 Å². The molecular weight excluding hydrogens is 400 g/mol. The van der Waals surface area contributed by atoms with Crippen LogP contribution < -0.4 is 5.32 Å². The Hall–Kier alpha value is -2.74. The first-order valence-corrected chi connectivity index (χ1v) is 11.2. The lowest BCUT2D eigenvalue weighted by atomic mass is 10.0. The number of nitrogens with one attached hydrogen (secondary N) is 1. The van der Waals surface area contributed by atoms with Gasteiger partial charge in [0.1, 0.15) is 5.00 Å². The van der Waals surface area contributed by atoms with E-state index in [9.17, 15) is 9.59 Å². The summed E-state index contributed by atoms with van der Waals surface area (Å²) in [6.45, 7) is 8.18. The molecule has 0 aliphatic heterocycles. The maximum Gasteiger partial charge on any atom is 0.360 e. The molecule has 1 unspecified atom stereocenters. The molecule has 2 aromatic rings. The summed E-state index contributed by atoms with van der Waals surface area (Å²) < 4.78 is 6.93. The molecule has 0 saturated heterocycles. The summed E-state index contributed by atoms with van der Waals surface area (Å²) in [5, 5.41) is 8.54. The van der Waals surface area contributed by atoms with Gasteiger partial charge in [-0.05, 0) is 38.2 Å². The first-order chi connectivity index (χ1) is 14.5. The van der Waals surface area contributed by atoms with Gasteiger partial charge >= 0.3 is 5.97 Å². The standard InChI is InChI=1S/C22H28N4O3S/c1-5-8-17-16(13-23-26(17)15-11-9-14(4)10-12-15)20(27)25-21-19(22(28)29-7-3)24-18(6-2)30-21/h9,11-14H,5-8,10H2,1-4H3,(H,25,27). The largest absolute Gasteiger partial charge is 0.461 e.